The molecule has 6 nitrogen and oxygen atoms in total. The molecule has 2 atom stereocenters. The molecule has 1 fully saturated rings. The maximum atomic E-state index is 12.3. The van der Waals surface area contributed by atoms with Crippen LogP contribution in [0, 0.1) is 12.8 Å². The van der Waals surface area contributed by atoms with E-state index in [1.807, 2.05) is 29.6 Å². The molecule has 23 heavy (non-hydrogen) atoms. The van der Waals surface area contributed by atoms with Crippen molar-refractivity contribution in [1.29, 1.82) is 0 Å². The molecule has 1 saturated carbocycles. The average Bonchev–Trinajstić information content (AvgIpc) is 2.95. The molecule has 130 valence electrons. The molecule has 0 spiro atoms. The van der Waals surface area contributed by atoms with Gasteiger partial charge in [-0.2, -0.15) is 5.10 Å². The predicted octanol–water partition coefficient (Wildman–Crippen LogP) is 1.98. The summed E-state index contributed by atoms with van der Waals surface area (Å²) >= 11 is 0. The SMILES string of the molecule is Cc1cc(NC(=O)CN(C)CC2CCCC2O)n(C(C)(C)C)n1. The van der Waals surface area contributed by atoms with E-state index in [2.05, 4.69) is 31.2 Å². The Labute approximate surface area is 138 Å². The molecular weight excluding hydrogens is 292 g/mol. The lowest BCUT2D eigenvalue weighted by Gasteiger charge is -2.24. The van der Waals surface area contributed by atoms with Gasteiger partial charge in [0.05, 0.1) is 23.9 Å². The molecule has 0 radical (unpaired) electrons. The molecule has 1 aliphatic rings. The monoisotopic (exact) mass is 322 g/mol. The zero-order valence-electron chi connectivity index (χ0n) is 15.0. The molecule has 1 aliphatic carbocycles. The number of aryl methyl sites for hydroxylation is 1. The lowest BCUT2D eigenvalue weighted by Crippen LogP contribution is -2.36. The number of nitrogens with one attached hydrogen (secondary N) is 1. The quantitative estimate of drug-likeness (QED) is 0.869. The van der Waals surface area contributed by atoms with Gasteiger partial charge in [0, 0.05) is 12.6 Å². The number of aromatic nitrogens is 2. The summed E-state index contributed by atoms with van der Waals surface area (Å²) in [4.78, 5) is 14.3. The third-order valence-electron chi connectivity index (χ3n) is 4.31. The fourth-order valence-corrected chi connectivity index (χ4v) is 3.22. The summed E-state index contributed by atoms with van der Waals surface area (Å²) in [5, 5.41) is 17.3. The van der Waals surface area contributed by atoms with E-state index in [0.717, 1.165) is 37.3 Å². The Kier molecular flexibility index (Phi) is 5.47. The van der Waals surface area contributed by atoms with Crippen molar-refractivity contribution >= 4 is 11.7 Å². The molecule has 1 heterocycles. The van der Waals surface area contributed by atoms with E-state index in [9.17, 15) is 9.90 Å². The largest absolute Gasteiger partial charge is 0.393 e. The number of hydrogen-bond acceptors (Lipinski definition) is 4. The third kappa shape index (κ3) is 4.78. The number of carbonyl (C=O) groups is 1. The number of carbonyl (C=O) groups excluding carboxylic acids is 1. The Morgan fingerprint density at radius 2 is 2.17 bits per heavy atom. The van der Waals surface area contributed by atoms with Crippen LogP contribution in [0.2, 0.25) is 0 Å². The van der Waals surface area contributed by atoms with E-state index < -0.39 is 0 Å². The van der Waals surface area contributed by atoms with Gasteiger partial charge in [0.25, 0.3) is 0 Å². The van der Waals surface area contributed by atoms with Crippen LogP contribution in [0.25, 0.3) is 0 Å². The second-order valence-electron chi connectivity index (χ2n) is 7.76. The number of amides is 1. The molecule has 0 bridgehead atoms. The molecule has 1 aromatic rings. The summed E-state index contributed by atoms with van der Waals surface area (Å²) in [6, 6.07) is 1.89. The van der Waals surface area contributed by atoms with Crippen LogP contribution in [0.5, 0.6) is 0 Å². The minimum absolute atomic E-state index is 0.0506. The highest BCUT2D eigenvalue weighted by Crippen LogP contribution is 2.26. The smallest absolute Gasteiger partial charge is 0.239 e. The number of aliphatic hydroxyl groups excluding tert-OH is 1. The number of rotatable bonds is 5. The fourth-order valence-electron chi connectivity index (χ4n) is 3.22. The van der Waals surface area contributed by atoms with Crippen molar-refractivity contribution in [2.75, 3.05) is 25.5 Å². The molecule has 0 aromatic carbocycles. The van der Waals surface area contributed by atoms with Gasteiger partial charge in [-0.05, 0) is 53.5 Å². The van der Waals surface area contributed by atoms with E-state index in [1.165, 1.54) is 0 Å². The summed E-state index contributed by atoms with van der Waals surface area (Å²) in [5.74, 6) is 0.967. The van der Waals surface area contributed by atoms with Gasteiger partial charge in [-0.1, -0.05) is 6.42 Å². The summed E-state index contributed by atoms with van der Waals surface area (Å²) in [6.45, 7) is 9.17. The van der Waals surface area contributed by atoms with Crippen molar-refractivity contribution < 1.29 is 9.90 Å². The highest BCUT2D eigenvalue weighted by molar-refractivity contribution is 5.91. The minimum Gasteiger partial charge on any atom is -0.393 e. The van der Waals surface area contributed by atoms with Gasteiger partial charge in [-0.25, -0.2) is 4.68 Å². The number of nitrogens with zero attached hydrogens (tertiary/aromatic N) is 3. The number of aliphatic hydroxyl groups is 1. The lowest BCUT2D eigenvalue weighted by atomic mass is 10.1. The van der Waals surface area contributed by atoms with Gasteiger partial charge in [0.15, 0.2) is 0 Å². The minimum atomic E-state index is -0.217. The average molecular weight is 322 g/mol. The van der Waals surface area contributed by atoms with Crippen LogP contribution in [0.15, 0.2) is 6.07 Å². The molecule has 0 saturated heterocycles. The molecule has 2 rings (SSSR count). The number of likely N-dealkylation sites (N-methyl/N-ethyl adjacent to an activating group) is 1. The standard InChI is InChI=1S/C17H30N4O2/c1-12-9-15(21(19-12)17(2,3)4)18-16(23)11-20(5)10-13-7-6-8-14(13)22/h9,13-14,22H,6-8,10-11H2,1-5H3,(H,18,23). The third-order valence-corrected chi connectivity index (χ3v) is 4.31. The lowest BCUT2D eigenvalue weighted by molar-refractivity contribution is -0.117. The maximum absolute atomic E-state index is 12.3. The van der Waals surface area contributed by atoms with Crippen molar-refractivity contribution in [1.82, 2.24) is 14.7 Å². The van der Waals surface area contributed by atoms with E-state index >= 15 is 0 Å². The molecule has 1 amide bonds. The molecule has 2 unspecified atom stereocenters. The topological polar surface area (TPSA) is 70.4 Å². The zero-order chi connectivity index (χ0) is 17.2. The highest BCUT2D eigenvalue weighted by atomic mass is 16.3. The second kappa shape index (κ2) is 7.01. The van der Waals surface area contributed by atoms with E-state index in [4.69, 9.17) is 0 Å². The maximum Gasteiger partial charge on any atom is 0.239 e. The van der Waals surface area contributed by atoms with Gasteiger partial charge in [-0.15, -0.1) is 0 Å². The molecule has 2 N–H and O–H groups in total. The summed E-state index contributed by atoms with van der Waals surface area (Å²) in [5.41, 5.74) is 0.703. The first-order valence-electron chi connectivity index (χ1n) is 8.40. The molecule has 6 heteroatoms. The summed E-state index contributed by atoms with van der Waals surface area (Å²) in [6.07, 6.45) is 2.79. The number of hydrogen-bond donors (Lipinski definition) is 2. The van der Waals surface area contributed by atoms with E-state index in [0.29, 0.717) is 6.54 Å². The van der Waals surface area contributed by atoms with Crippen molar-refractivity contribution in [3.05, 3.63) is 11.8 Å². The van der Waals surface area contributed by atoms with Gasteiger partial charge < -0.3 is 10.4 Å². The number of anilines is 1. The summed E-state index contributed by atoms with van der Waals surface area (Å²) < 4.78 is 1.85. The van der Waals surface area contributed by atoms with Crippen molar-refractivity contribution in [3.63, 3.8) is 0 Å². The first kappa shape index (κ1) is 17.9. The van der Waals surface area contributed by atoms with Crippen LogP contribution < -0.4 is 5.32 Å². The Balaban J connectivity index is 1.92. The fraction of sp³-hybridized carbons (Fsp3) is 0.765. The predicted molar refractivity (Wildman–Crippen MR) is 91.4 cm³/mol. The van der Waals surface area contributed by atoms with E-state index in [1.54, 1.807) is 0 Å². The molecule has 0 aliphatic heterocycles. The highest BCUT2D eigenvalue weighted by Gasteiger charge is 2.27. The Bertz CT molecular complexity index is 547. The zero-order valence-corrected chi connectivity index (χ0v) is 15.0. The Morgan fingerprint density at radius 3 is 2.74 bits per heavy atom. The van der Waals surface area contributed by atoms with E-state index in [-0.39, 0.29) is 23.5 Å². The van der Waals surface area contributed by atoms with Crippen LogP contribution in [-0.4, -0.2) is 51.9 Å². The van der Waals surface area contributed by atoms with Gasteiger partial charge >= 0.3 is 0 Å². The normalized spacial score (nSPS) is 21.9. The first-order valence-corrected chi connectivity index (χ1v) is 8.40. The van der Waals surface area contributed by atoms with Crippen LogP contribution in [0.3, 0.4) is 0 Å². The van der Waals surface area contributed by atoms with Crippen LogP contribution >= 0.6 is 0 Å². The van der Waals surface area contributed by atoms with Gasteiger partial charge in [0.1, 0.15) is 5.82 Å². The molecular formula is C17H30N4O2. The van der Waals surface area contributed by atoms with Gasteiger partial charge in [0.2, 0.25) is 5.91 Å². The van der Waals surface area contributed by atoms with Crippen LogP contribution in [0.1, 0.15) is 45.7 Å². The first-order chi connectivity index (χ1) is 10.7. The Morgan fingerprint density at radius 1 is 1.48 bits per heavy atom. The van der Waals surface area contributed by atoms with Crippen molar-refractivity contribution in [2.45, 2.75) is 58.6 Å². The molecule has 1 aromatic heterocycles. The van der Waals surface area contributed by atoms with Crippen molar-refractivity contribution in [3.8, 4) is 0 Å². The Hall–Kier alpha value is -1.40. The van der Waals surface area contributed by atoms with Crippen molar-refractivity contribution in [2.24, 2.45) is 5.92 Å². The van der Waals surface area contributed by atoms with Crippen LogP contribution in [0.4, 0.5) is 5.82 Å². The second-order valence-corrected chi connectivity index (χ2v) is 7.76. The van der Waals surface area contributed by atoms with Gasteiger partial charge in [-0.3, -0.25) is 9.69 Å². The summed E-state index contributed by atoms with van der Waals surface area (Å²) in [7, 11) is 1.93. The van der Waals surface area contributed by atoms with Crippen LogP contribution in [-0.2, 0) is 10.3 Å².